The summed E-state index contributed by atoms with van der Waals surface area (Å²) in [4.78, 5) is 22.7. The first-order valence-electron chi connectivity index (χ1n) is 12.6. The van der Waals surface area contributed by atoms with E-state index in [2.05, 4.69) is 40.9 Å². The molecule has 0 aliphatic carbocycles. The first kappa shape index (κ1) is 22.0. The highest BCUT2D eigenvalue weighted by Crippen LogP contribution is 2.30. The molecule has 2 aliphatic heterocycles. The zero-order valence-corrected chi connectivity index (χ0v) is 20.3. The molecule has 0 bridgehead atoms. The zero-order valence-electron chi connectivity index (χ0n) is 20.3. The van der Waals surface area contributed by atoms with Crippen LogP contribution in [-0.4, -0.2) is 73.3 Å². The Kier molecular flexibility index (Phi) is 5.35. The van der Waals surface area contributed by atoms with E-state index >= 15 is 0 Å². The lowest BCUT2D eigenvalue weighted by Gasteiger charge is -2.46. The van der Waals surface area contributed by atoms with Crippen molar-refractivity contribution in [1.82, 2.24) is 34.4 Å². The first-order valence-corrected chi connectivity index (χ1v) is 12.6. The van der Waals surface area contributed by atoms with Gasteiger partial charge in [0.05, 0.1) is 12.9 Å². The zero-order chi connectivity index (χ0) is 24.8. The third kappa shape index (κ3) is 4.10. The number of aromatic nitrogens is 6. The van der Waals surface area contributed by atoms with Crippen molar-refractivity contribution in [1.29, 1.82) is 0 Å². The number of hydrogen-bond acceptors (Lipinski definition) is 10. The Hall–Kier alpha value is -4.25. The van der Waals surface area contributed by atoms with Crippen molar-refractivity contribution in [3.8, 4) is 17.3 Å². The maximum atomic E-state index is 6.29. The molecule has 0 radical (unpaired) electrons. The Morgan fingerprint density at radius 3 is 2.92 bits per heavy atom. The van der Waals surface area contributed by atoms with Crippen molar-refractivity contribution in [3.63, 3.8) is 0 Å². The number of benzene rings is 1. The van der Waals surface area contributed by atoms with Crippen molar-refractivity contribution >= 4 is 28.4 Å². The summed E-state index contributed by atoms with van der Waals surface area (Å²) >= 11 is 0. The fourth-order valence-corrected chi connectivity index (χ4v) is 5.45. The Balaban J connectivity index is 1.01. The van der Waals surface area contributed by atoms with Crippen LogP contribution in [0.15, 0.2) is 59.5 Å². The number of anilines is 2. The molecule has 0 saturated carbocycles. The number of ether oxygens (including phenoxy) is 1. The molecular formula is C26H27N9O2. The molecule has 2 fully saturated rings. The van der Waals surface area contributed by atoms with Crippen LogP contribution in [0.4, 0.5) is 11.9 Å². The lowest BCUT2D eigenvalue weighted by atomic mass is 9.91. The van der Waals surface area contributed by atoms with Crippen LogP contribution in [0, 0.1) is 5.92 Å². The maximum Gasteiger partial charge on any atom is 0.259 e. The van der Waals surface area contributed by atoms with Crippen molar-refractivity contribution in [2.75, 3.05) is 43.4 Å². The van der Waals surface area contributed by atoms with Crippen LogP contribution in [0.25, 0.3) is 28.1 Å². The molecule has 2 aliphatic rings. The molecule has 11 heteroatoms. The number of piperazine rings is 1. The van der Waals surface area contributed by atoms with E-state index in [1.165, 1.54) is 4.52 Å². The van der Waals surface area contributed by atoms with Gasteiger partial charge in [0.1, 0.15) is 5.75 Å². The van der Waals surface area contributed by atoms with Crippen molar-refractivity contribution in [2.45, 2.75) is 18.9 Å². The molecule has 188 valence electrons. The summed E-state index contributed by atoms with van der Waals surface area (Å²) in [6.45, 7) is 4.38. The Morgan fingerprint density at radius 1 is 1.03 bits per heavy atom. The first-order chi connectivity index (χ1) is 18.2. The van der Waals surface area contributed by atoms with Gasteiger partial charge in [-0.15, -0.1) is 5.10 Å². The number of hydrogen-bond donors (Lipinski definition) is 1. The predicted octanol–water partition coefficient (Wildman–Crippen LogP) is 2.89. The monoisotopic (exact) mass is 497 g/mol. The lowest BCUT2D eigenvalue weighted by Crippen LogP contribution is -2.57. The molecule has 37 heavy (non-hydrogen) atoms. The predicted molar refractivity (Wildman–Crippen MR) is 138 cm³/mol. The second-order valence-electron chi connectivity index (χ2n) is 9.71. The molecule has 5 aromatic rings. The van der Waals surface area contributed by atoms with Crippen LogP contribution in [0.2, 0.25) is 0 Å². The van der Waals surface area contributed by atoms with E-state index in [0.29, 0.717) is 35.3 Å². The van der Waals surface area contributed by atoms with Gasteiger partial charge < -0.3 is 19.8 Å². The van der Waals surface area contributed by atoms with E-state index < -0.39 is 0 Å². The molecule has 2 unspecified atom stereocenters. The van der Waals surface area contributed by atoms with E-state index in [4.69, 9.17) is 14.9 Å². The third-order valence-electron chi connectivity index (χ3n) is 7.37. The number of nitrogens with zero attached hydrogens (tertiary/aromatic N) is 8. The van der Waals surface area contributed by atoms with Gasteiger partial charge in [0.25, 0.3) is 5.78 Å². The molecular weight excluding hydrogens is 470 g/mol. The van der Waals surface area contributed by atoms with E-state index in [-0.39, 0.29) is 5.95 Å². The van der Waals surface area contributed by atoms with E-state index in [1.807, 2.05) is 30.6 Å². The topological polar surface area (TPSA) is 124 Å². The minimum atomic E-state index is 0.262. The van der Waals surface area contributed by atoms with Crippen LogP contribution < -0.4 is 15.4 Å². The Labute approximate surface area is 212 Å². The highest BCUT2D eigenvalue weighted by Gasteiger charge is 2.34. The number of pyridine rings is 1. The summed E-state index contributed by atoms with van der Waals surface area (Å²) in [6.07, 6.45) is 7.51. The summed E-state index contributed by atoms with van der Waals surface area (Å²) in [5.74, 6) is 3.71. The minimum Gasteiger partial charge on any atom is -0.493 e. The molecule has 2 N–H and O–H groups in total. The van der Waals surface area contributed by atoms with E-state index in [0.717, 1.165) is 62.1 Å². The average Bonchev–Trinajstić information content (AvgIpc) is 3.62. The van der Waals surface area contributed by atoms with Gasteiger partial charge >= 0.3 is 0 Å². The van der Waals surface area contributed by atoms with Gasteiger partial charge in [-0.25, -0.2) is 0 Å². The molecule has 0 amide bonds. The Bertz CT molecular complexity index is 1550. The molecule has 11 nitrogen and oxygen atoms in total. The number of fused-ring (bicyclic) bond motifs is 3. The lowest BCUT2D eigenvalue weighted by molar-refractivity contribution is 0.0729. The Morgan fingerprint density at radius 2 is 2.00 bits per heavy atom. The van der Waals surface area contributed by atoms with Crippen LogP contribution >= 0.6 is 0 Å². The van der Waals surface area contributed by atoms with E-state index in [1.54, 1.807) is 18.4 Å². The van der Waals surface area contributed by atoms with Crippen molar-refractivity contribution < 1.29 is 9.15 Å². The summed E-state index contributed by atoms with van der Waals surface area (Å²) in [5, 5.41) is 6.60. The highest BCUT2D eigenvalue weighted by molar-refractivity contribution is 5.87. The fourth-order valence-electron chi connectivity index (χ4n) is 5.45. The summed E-state index contributed by atoms with van der Waals surface area (Å²) in [6, 6.07) is 12.2. The van der Waals surface area contributed by atoms with E-state index in [9.17, 15) is 0 Å². The largest absolute Gasteiger partial charge is 0.493 e. The van der Waals surface area contributed by atoms with Gasteiger partial charge in [-0.1, -0.05) is 12.1 Å². The molecule has 0 spiro atoms. The van der Waals surface area contributed by atoms with Gasteiger partial charge in [-0.3, -0.25) is 9.88 Å². The summed E-state index contributed by atoms with van der Waals surface area (Å²) < 4.78 is 13.2. The smallest absolute Gasteiger partial charge is 0.259 e. The van der Waals surface area contributed by atoms with Crippen LogP contribution in [0.1, 0.15) is 12.8 Å². The second kappa shape index (κ2) is 9.00. The molecule has 2 atom stereocenters. The molecule has 2 saturated heterocycles. The maximum absolute atomic E-state index is 6.29. The second-order valence-corrected chi connectivity index (χ2v) is 9.71. The van der Waals surface area contributed by atoms with Crippen LogP contribution in [-0.2, 0) is 0 Å². The average molecular weight is 498 g/mol. The normalized spacial score (nSPS) is 20.4. The highest BCUT2D eigenvalue weighted by atomic mass is 16.5. The number of furan rings is 1. The number of rotatable bonds is 5. The molecule has 1 aromatic carbocycles. The van der Waals surface area contributed by atoms with Crippen molar-refractivity contribution in [2.24, 2.45) is 5.92 Å². The van der Waals surface area contributed by atoms with Gasteiger partial charge in [0, 0.05) is 61.3 Å². The summed E-state index contributed by atoms with van der Waals surface area (Å²) in [7, 11) is 0. The fraction of sp³-hybridized carbons (Fsp3) is 0.346. The standard InChI is InChI=1S/C26H27N9O2/c27-24-30-25(31-26-29-23(32-35(24)26)22-5-2-12-36-22)34-11-10-33-14-17(6-7-19(33)15-34)16-37-21-4-1-3-18-13-28-9-8-20(18)21/h1-5,8-9,12-13,17,19H,6-7,10-11,14-16H2,(H2,27,29,30,31,32). The number of nitrogens with two attached hydrogens (primary N) is 1. The molecule has 4 aromatic heterocycles. The number of nitrogen functional groups attached to an aromatic ring is 1. The van der Waals surface area contributed by atoms with Gasteiger partial charge in [0.15, 0.2) is 5.76 Å². The molecule has 6 heterocycles. The quantitative estimate of drug-likeness (QED) is 0.388. The van der Waals surface area contributed by atoms with Gasteiger partial charge in [-0.2, -0.15) is 19.5 Å². The number of piperidine rings is 1. The van der Waals surface area contributed by atoms with Crippen LogP contribution in [0.5, 0.6) is 5.75 Å². The van der Waals surface area contributed by atoms with Crippen LogP contribution in [0.3, 0.4) is 0 Å². The van der Waals surface area contributed by atoms with Gasteiger partial charge in [-0.05, 0) is 37.1 Å². The van der Waals surface area contributed by atoms with Crippen molar-refractivity contribution in [3.05, 3.63) is 55.1 Å². The summed E-state index contributed by atoms with van der Waals surface area (Å²) in [5.41, 5.74) is 6.22. The minimum absolute atomic E-state index is 0.262. The molecule has 7 rings (SSSR count). The van der Waals surface area contributed by atoms with Gasteiger partial charge in [0.2, 0.25) is 17.7 Å². The third-order valence-corrected chi connectivity index (χ3v) is 7.37. The SMILES string of the molecule is Nc1nc(N2CCN3CC(COc4cccc5cnccc45)CCC3C2)nc2nc(-c3ccco3)nn12.